The van der Waals surface area contributed by atoms with Crippen molar-refractivity contribution < 1.29 is 8.42 Å². The van der Waals surface area contributed by atoms with Crippen LogP contribution in [0.2, 0.25) is 5.15 Å². The second-order valence-electron chi connectivity index (χ2n) is 3.61. The van der Waals surface area contributed by atoms with Crippen LogP contribution in [0.1, 0.15) is 5.56 Å². The summed E-state index contributed by atoms with van der Waals surface area (Å²) in [6.07, 6.45) is 1.17. The number of sulfonamides is 1. The molecule has 0 atom stereocenters. The number of benzene rings is 1. The zero-order valence-corrected chi connectivity index (χ0v) is 11.1. The first-order valence-corrected chi connectivity index (χ1v) is 7.02. The van der Waals surface area contributed by atoms with Gasteiger partial charge in [0, 0.05) is 6.20 Å². The lowest BCUT2D eigenvalue weighted by Crippen LogP contribution is -2.13. The number of nitrogens with one attached hydrogen (secondary N) is 1. The van der Waals surface area contributed by atoms with Crippen molar-refractivity contribution in [3.63, 3.8) is 0 Å². The molecule has 0 unspecified atom stereocenters. The number of hydrogen-bond donors (Lipinski definition) is 1. The highest BCUT2D eigenvalue weighted by Gasteiger charge is 2.14. The molecule has 0 amide bonds. The van der Waals surface area contributed by atoms with Crippen molar-refractivity contribution in [1.29, 1.82) is 5.26 Å². The van der Waals surface area contributed by atoms with Gasteiger partial charge in [-0.15, -0.1) is 0 Å². The van der Waals surface area contributed by atoms with Crippen molar-refractivity contribution in [2.75, 3.05) is 4.72 Å². The van der Waals surface area contributed by atoms with E-state index in [4.69, 9.17) is 16.9 Å². The highest BCUT2D eigenvalue weighted by molar-refractivity contribution is 7.92. The number of hydrogen-bond acceptors (Lipinski definition) is 4. The second kappa shape index (κ2) is 5.26. The van der Waals surface area contributed by atoms with Crippen LogP contribution in [-0.2, 0) is 10.0 Å². The molecule has 0 bridgehead atoms. The van der Waals surface area contributed by atoms with Gasteiger partial charge < -0.3 is 0 Å². The summed E-state index contributed by atoms with van der Waals surface area (Å²) in [7, 11) is -3.74. The van der Waals surface area contributed by atoms with Gasteiger partial charge in [-0.1, -0.05) is 17.7 Å². The quantitative estimate of drug-likeness (QED) is 0.881. The Bertz CT molecular complexity index is 736. The minimum Gasteiger partial charge on any atom is -0.280 e. The summed E-state index contributed by atoms with van der Waals surface area (Å²) in [6, 6.07) is 10.9. The van der Waals surface area contributed by atoms with Gasteiger partial charge in [0.2, 0.25) is 0 Å². The number of halogens is 1. The molecule has 0 spiro atoms. The molecule has 19 heavy (non-hydrogen) atoms. The van der Waals surface area contributed by atoms with Gasteiger partial charge in [0.25, 0.3) is 10.0 Å². The lowest BCUT2D eigenvalue weighted by molar-refractivity contribution is 0.601. The Labute approximate surface area is 115 Å². The van der Waals surface area contributed by atoms with E-state index in [2.05, 4.69) is 9.71 Å². The van der Waals surface area contributed by atoms with E-state index in [9.17, 15) is 8.42 Å². The third-order valence-corrected chi connectivity index (χ3v) is 3.84. The molecule has 0 saturated heterocycles. The van der Waals surface area contributed by atoms with Gasteiger partial charge in [0.05, 0.1) is 17.3 Å². The van der Waals surface area contributed by atoms with Gasteiger partial charge >= 0.3 is 0 Å². The maximum Gasteiger partial charge on any atom is 0.263 e. The van der Waals surface area contributed by atoms with Crippen molar-refractivity contribution in [2.24, 2.45) is 0 Å². The summed E-state index contributed by atoms with van der Waals surface area (Å²) in [5.74, 6) is 0. The van der Waals surface area contributed by atoms with Crippen molar-refractivity contribution in [3.05, 3.63) is 53.3 Å². The summed E-state index contributed by atoms with van der Waals surface area (Å²) in [5.41, 5.74) is 0.684. The van der Waals surface area contributed by atoms with Gasteiger partial charge in [-0.3, -0.25) is 4.72 Å². The molecule has 7 heteroatoms. The molecule has 0 aliphatic carbocycles. The van der Waals surface area contributed by atoms with Gasteiger partial charge in [0.15, 0.2) is 0 Å². The summed E-state index contributed by atoms with van der Waals surface area (Å²) in [5, 5.41) is 8.97. The topological polar surface area (TPSA) is 82.9 Å². The van der Waals surface area contributed by atoms with Gasteiger partial charge in [-0.05, 0) is 30.3 Å². The fourth-order valence-electron chi connectivity index (χ4n) is 1.39. The van der Waals surface area contributed by atoms with Gasteiger partial charge in [-0.25, -0.2) is 13.4 Å². The van der Waals surface area contributed by atoms with E-state index in [1.807, 2.05) is 6.07 Å². The van der Waals surface area contributed by atoms with Crippen LogP contribution in [0, 0.1) is 11.3 Å². The average molecular weight is 294 g/mol. The Balaban J connectivity index is 2.31. The van der Waals surface area contributed by atoms with Crippen LogP contribution < -0.4 is 4.72 Å². The molecule has 1 aromatic heterocycles. The number of rotatable bonds is 3. The minimum absolute atomic E-state index is 0.000685. The Morgan fingerprint density at radius 3 is 2.68 bits per heavy atom. The van der Waals surface area contributed by atoms with Crippen molar-refractivity contribution in [1.82, 2.24) is 4.98 Å². The lowest BCUT2D eigenvalue weighted by Gasteiger charge is -2.07. The number of aromatic nitrogens is 1. The summed E-state index contributed by atoms with van der Waals surface area (Å²) >= 11 is 5.60. The van der Waals surface area contributed by atoms with Gasteiger partial charge in [0.1, 0.15) is 10.0 Å². The smallest absolute Gasteiger partial charge is 0.263 e. The van der Waals surface area contributed by atoms with E-state index < -0.39 is 10.0 Å². The minimum atomic E-state index is -3.74. The fourth-order valence-corrected chi connectivity index (χ4v) is 2.49. The Kier molecular flexibility index (Phi) is 3.69. The van der Waals surface area contributed by atoms with Crippen molar-refractivity contribution in [3.8, 4) is 6.07 Å². The molecule has 5 nitrogen and oxygen atoms in total. The van der Waals surface area contributed by atoms with Crippen LogP contribution in [0.15, 0.2) is 47.5 Å². The van der Waals surface area contributed by atoms with E-state index in [1.54, 1.807) is 18.2 Å². The molecule has 1 aromatic carbocycles. The van der Waals surface area contributed by atoms with E-state index >= 15 is 0 Å². The first kappa shape index (κ1) is 13.3. The molecule has 0 aliphatic heterocycles. The van der Waals surface area contributed by atoms with Crippen LogP contribution in [0.25, 0.3) is 0 Å². The molecular formula is C12H8ClN3O2S. The molecule has 0 aliphatic rings. The summed E-state index contributed by atoms with van der Waals surface area (Å²) < 4.78 is 26.4. The third-order valence-electron chi connectivity index (χ3n) is 2.25. The molecular weight excluding hydrogens is 286 g/mol. The largest absolute Gasteiger partial charge is 0.280 e. The van der Waals surface area contributed by atoms with E-state index in [0.29, 0.717) is 11.3 Å². The van der Waals surface area contributed by atoms with Gasteiger partial charge in [-0.2, -0.15) is 5.26 Å². The Hall–Kier alpha value is -2.10. The molecule has 2 aromatic rings. The number of anilines is 1. The Morgan fingerprint density at radius 2 is 2.05 bits per heavy atom. The van der Waals surface area contributed by atoms with Crippen LogP contribution in [0.4, 0.5) is 5.69 Å². The van der Waals surface area contributed by atoms with Crippen LogP contribution in [0.5, 0.6) is 0 Å². The molecule has 96 valence electrons. The second-order valence-corrected chi connectivity index (χ2v) is 5.68. The third kappa shape index (κ3) is 3.22. The predicted molar refractivity (Wildman–Crippen MR) is 71.2 cm³/mol. The average Bonchev–Trinajstić information content (AvgIpc) is 2.39. The highest BCUT2D eigenvalue weighted by Crippen LogP contribution is 2.17. The van der Waals surface area contributed by atoms with E-state index in [1.165, 1.54) is 24.4 Å². The first-order chi connectivity index (χ1) is 9.01. The molecule has 0 saturated carbocycles. The zero-order chi connectivity index (χ0) is 13.9. The lowest BCUT2D eigenvalue weighted by atomic mass is 10.2. The van der Waals surface area contributed by atoms with Crippen LogP contribution in [0.3, 0.4) is 0 Å². The summed E-state index contributed by atoms with van der Waals surface area (Å²) in [4.78, 5) is 3.71. The predicted octanol–water partition coefficient (Wildman–Crippen LogP) is 2.41. The molecule has 1 N–H and O–H groups in total. The van der Waals surface area contributed by atoms with Crippen LogP contribution in [-0.4, -0.2) is 13.4 Å². The fraction of sp³-hybridized carbons (Fsp3) is 0. The van der Waals surface area contributed by atoms with Crippen LogP contribution >= 0.6 is 11.6 Å². The highest BCUT2D eigenvalue weighted by atomic mass is 35.5. The van der Waals surface area contributed by atoms with E-state index in [-0.39, 0.29) is 10.0 Å². The number of pyridine rings is 1. The maximum atomic E-state index is 12.0. The first-order valence-electron chi connectivity index (χ1n) is 5.16. The molecule has 0 radical (unpaired) electrons. The van der Waals surface area contributed by atoms with Crippen molar-refractivity contribution >= 4 is 27.3 Å². The molecule has 0 fully saturated rings. The van der Waals surface area contributed by atoms with Crippen molar-refractivity contribution in [2.45, 2.75) is 4.90 Å². The molecule has 2 rings (SSSR count). The Morgan fingerprint density at radius 1 is 1.26 bits per heavy atom. The monoisotopic (exact) mass is 293 g/mol. The zero-order valence-electron chi connectivity index (χ0n) is 9.54. The molecule has 1 heterocycles. The maximum absolute atomic E-state index is 12.0. The summed E-state index contributed by atoms with van der Waals surface area (Å²) in [6.45, 7) is 0. The normalized spacial score (nSPS) is 10.7. The van der Waals surface area contributed by atoms with E-state index in [0.717, 1.165) is 0 Å². The number of nitrogens with zero attached hydrogens (tertiary/aromatic N) is 2. The SMILES string of the molecule is N#Cc1cccc(NS(=O)(=O)c2ccc(Cl)nc2)c1. The number of nitriles is 1. The standard InChI is InChI=1S/C12H8ClN3O2S/c13-12-5-4-11(8-15-12)19(17,18)16-10-3-1-2-9(6-10)7-14/h1-6,8,16H.